The fraction of sp³-hybridized carbons (Fsp3) is 0.296. The van der Waals surface area contributed by atoms with Crippen LogP contribution in [0.4, 0.5) is 25.8 Å². The van der Waals surface area contributed by atoms with Crippen molar-refractivity contribution in [2.75, 3.05) is 5.32 Å². The van der Waals surface area contributed by atoms with Crippen LogP contribution in [0, 0.1) is 10.1 Å². The van der Waals surface area contributed by atoms with Crippen molar-refractivity contribution >= 4 is 29.7 Å². The minimum atomic E-state index is -0.995. The highest BCUT2D eigenvalue weighted by Gasteiger charge is 2.38. The Morgan fingerprint density at radius 3 is 2.05 bits per heavy atom. The number of nitrogens with one attached hydrogen (secondary N) is 1. The molecule has 0 spiro atoms. The summed E-state index contributed by atoms with van der Waals surface area (Å²) in [5.41, 5.74) is -0.444. The summed E-state index contributed by atoms with van der Waals surface area (Å²) in [4.78, 5) is 57.0. The largest absolute Gasteiger partial charge is 0.443 e. The zero-order chi connectivity index (χ0) is 29.7. The van der Waals surface area contributed by atoms with E-state index in [9.17, 15) is 24.5 Å². The van der Waals surface area contributed by atoms with Gasteiger partial charge in [-0.25, -0.2) is 24.3 Å². The number of anilines is 1. The monoisotopic (exact) mass is 551 g/mol. The molecule has 0 fully saturated rings. The van der Waals surface area contributed by atoms with Crippen LogP contribution in [-0.2, 0) is 4.74 Å². The number of non-ortho nitro benzene ring substituents is 1. The molecule has 210 valence electrons. The lowest BCUT2D eigenvalue weighted by atomic mass is 10.1. The first-order valence-corrected chi connectivity index (χ1v) is 12.0. The predicted molar refractivity (Wildman–Crippen MR) is 144 cm³/mol. The number of benzene rings is 2. The minimum absolute atomic E-state index is 0.124. The SMILES string of the molecule is CC(C)(C)OC(=O)N(C(=O)Oc1nccc(-c2ccc(NC(=O)Oc3ccc([N+](=O)[O-])cc3)cc2)n1)C(C)(C)C. The van der Waals surface area contributed by atoms with Crippen LogP contribution in [0.25, 0.3) is 11.3 Å². The zero-order valence-electron chi connectivity index (χ0n) is 22.8. The molecule has 0 aliphatic carbocycles. The number of nitro groups is 1. The molecular formula is C27H29N5O8. The van der Waals surface area contributed by atoms with Crippen molar-refractivity contribution in [1.29, 1.82) is 0 Å². The van der Waals surface area contributed by atoms with Crippen molar-refractivity contribution in [2.24, 2.45) is 0 Å². The molecule has 3 amide bonds. The van der Waals surface area contributed by atoms with Gasteiger partial charge in [-0.1, -0.05) is 12.1 Å². The molecule has 1 aromatic heterocycles. The number of hydrogen-bond donors (Lipinski definition) is 1. The Morgan fingerprint density at radius 1 is 0.875 bits per heavy atom. The van der Waals surface area contributed by atoms with Crippen LogP contribution in [-0.4, -0.2) is 49.2 Å². The van der Waals surface area contributed by atoms with Gasteiger partial charge in [-0.15, -0.1) is 0 Å². The molecule has 0 bridgehead atoms. The van der Waals surface area contributed by atoms with Gasteiger partial charge in [-0.05, 0) is 71.9 Å². The van der Waals surface area contributed by atoms with Gasteiger partial charge < -0.3 is 14.2 Å². The van der Waals surface area contributed by atoms with Gasteiger partial charge in [0.05, 0.1) is 10.6 Å². The molecule has 13 heteroatoms. The highest BCUT2D eigenvalue weighted by atomic mass is 16.6. The van der Waals surface area contributed by atoms with Gasteiger partial charge in [0.25, 0.3) is 5.69 Å². The van der Waals surface area contributed by atoms with Gasteiger partial charge in [0.2, 0.25) is 0 Å². The summed E-state index contributed by atoms with van der Waals surface area (Å²) >= 11 is 0. The van der Waals surface area contributed by atoms with Crippen molar-refractivity contribution in [3.8, 4) is 23.0 Å². The maximum atomic E-state index is 12.9. The first kappa shape index (κ1) is 29.5. The Hall–Kier alpha value is -5.07. The number of hydrogen-bond acceptors (Lipinski definition) is 10. The van der Waals surface area contributed by atoms with Gasteiger partial charge in [0.1, 0.15) is 11.4 Å². The molecule has 0 unspecified atom stereocenters. The fourth-order valence-corrected chi connectivity index (χ4v) is 3.21. The highest BCUT2D eigenvalue weighted by Crippen LogP contribution is 2.24. The van der Waals surface area contributed by atoms with E-state index in [1.165, 1.54) is 30.5 Å². The predicted octanol–water partition coefficient (Wildman–Crippen LogP) is 6.20. The van der Waals surface area contributed by atoms with Crippen LogP contribution < -0.4 is 14.8 Å². The maximum Gasteiger partial charge on any atom is 0.427 e. The first-order chi connectivity index (χ1) is 18.6. The van der Waals surface area contributed by atoms with Crippen LogP contribution in [0.2, 0.25) is 0 Å². The Bertz CT molecular complexity index is 1390. The second-order valence-corrected chi connectivity index (χ2v) is 10.4. The highest BCUT2D eigenvalue weighted by molar-refractivity contribution is 5.90. The second-order valence-electron chi connectivity index (χ2n) is 10.4. The summed E-state index contributed by atoms with van der Waals surface area (Å²) in [6.45, 7) is 10.0. The van der Waals surface area contributed by atoms with E-state index in [0.717, 1.165) is 4.90 Å². The standard InChI is InChI=1S/C27H29N5O8/c1-26(2,3)31(25(35)40-27(4,5)6)24(34)39-22-28-16-15-21(30-22)17-7-9-18(10-8-17)29-23(33)38-20-13-11-19(12-14-20)32(36)37/h7-16H,1-6H3,(H,29,33). The Balaban J connectivity index is 1.67. The number of amides is 3. The molecule has 13 nitrogen and oxygen atoms in total. The van der Waals surface area contributed by atoms with Gasteiger partial charge in [0.15, 0.2) is 0 Å². The van der Waals surface area contributed by atoms with Crippen molar-refractivity contribution in [1.82, 2.24) is 14.9 Å². The number of imide groups is 1. The number of ether oxygens (including phenoxy) is 3. The minimum Gasteiger partial charge on any atom is -0.443 e. The molecule has 0 saturated carbocycles. The summed E-state index contributed by atoms with van der Waals surface area (Å²) in [7, 11) is 0. The molecule has 0 aliphatic heterocycles. The van der Waals surface area contributed by atoms with Gasteiger partial charge in [0, 0.05) is 35.1 Å². The van der Waals surface area contributed by atoms with E-state index >= 15 is 0 Å². The average molecular weight is 552 g/mol. The van der Waals surface area contributed by atoms with E-state index in [-0.39, 0.29) is 17.4 Å². The summed E-state index contributed by atoms with van der Waals surface area (Å²) in [6, 6.07) is 12.9. The topological polar surface area (TPSA) is 163 Å². The fourth-order valence-electron chi connectivity index (χ4n) is 3.21. The van der Waals surface area contributed by atoms with E-state index in [2.05, 4.69) is 15.3 Å². The zero-order valence-corrected chi connectivity index (χ0v) is 22.8. The number of nitro benzene ring substituents is 1. The number of aromatic nitrogens is 2. The van der Waals surface area contributed by atoms with Crippen LogP contribution in [0.1, 0.15) is 41.5 Å². The Morgan fingerprint density at radius 2 is 1.50 bits per heavy atom. The molecule has 40 heavy (non-hydrogen) atoms. The summed E-state index contributed by atoms with van der Waals surface area (Å²) in [5, 5.41) is 13.3. The number of nitrogens with zero attached hydrogens (tertiary/aromatic N) is 4. The number of rotatable bonds is 5. The van der Waals surface area contributed by atoms with Crippen LogP contribution in [0.3, 0.4) is 0 Å². The quantitative estimate of drug-likeness (QED) is 0.285. The molecule has 3 aromatic rings. The Kier molecular flexibility index (Phi) is 8.67. The lowest BCUT2D eigenvalue weighted by Gasteiger charge is -2.33. The third-order valence-electron chi connectivity index (χ3n) is 4.93. The van der Waals surface area contributed by atoms with Crippen molar-refractivity contribution in [2.45, 2.75) is 52.7 Å². The van der Waals surface area contributed by atoms with E-state index in [1.807, 2.05) is 0 Å². The average Bonchev–Trinajstić information content (AvgIpc) is 2.83. The summed E-state index contributed by atoms with van der Waals surface area (Å²) in [5.74, 6) is 0.138. The van der Waals surface area contributed by atoms with Crippen molar-refractivity contribution in [3.05, 3.63) is 70.9 Å². The molecular weight excluding hydrogens is 522 g/mol. The molecule has 3 rings (SSSR count). The van der Waals surface area contributed by atoms with E-state index in [0.29, 0.717) is 16.9 Å². The lowest BCUT2D eigenvalue weighted by Crippen LogP contribution is -2.52. The lowest BCUT2D eigenvalue weighted by molar-refractivity contribution is -0.384. The van der Waals surface area contributed by atoms with Crippen molar-refractivity contribution in [3.63, 3.8) is 0 Å². The third kappa shape index (κ3) is 8.21. The molecule has 0 aliphatic rings. The number of carbonyl (C=O) groups is 3. The third-order valence-corrected chi connectivity index (χ3v) is 4.93. The molecule has 0 saturated heterocycles. The summed E-state index contributed by atoms with van der Waals surface area (Å²) in [6.07, 6.45) is -1.25. The molecule has 0 atom stereocenters. The molecule has 1 N–H and O–H groups in total. The van der Waals surface area contributed by atoms with Crippen molar-refractivity contribution < 1.29 is 33.5 Å². The summed E-state index contributed by atoms with van der Waals surface area (Å²) < 4.78 is 15.8. The molecule has 2 aromatic carbocycles. The molecule has 1 heterocycles. The van der Waals surface area contributed by atoms with Crippen LogP contribution in [0.15, 0.2) is 60.8 Å². The van der Waals surface area contributed by atoms with E-state index in [4.69, 9.17) is 14.2 Å². The van der Waals surface area contributed by atoms with Crippen LogP contribution >= 0.6 is 0 Å². The Labute approximate surface area is 230 Å². The maximum absolute atomic E-state index is 12.9. The van der Waals surface area contributed by atoms with E-state index in [1.54, 1.807) is 71.9 Å². The van der Waals surface area contributed by atoms with Gasteiger partial charge >= 0.3 is 24.3 Å². The number of carbonyl (C=O) groups excluding carboxylic acids is 3. The normalized spacial score (nSPS) is 11.2. The van der Waals surface area contributed by atoms with Gasteiger partial charge in [-0.3, -0.25) is 15.4 Å². The smallest absolute Gasteiger partial charge is 0.427 e. The molecule has 0 radical (unpaired) electrons. The first-order valence-electron chi connectivity index (χ1n) is 12.0. The van der Waals surface area contributed by atoms with Crippen LogP contribution in [0.5, 0.6) is 11.8 Å². The second kappa shape index (κ2) is 11.8. The van der Waals surface area contributed by atoms with E-state index < -0.39 is 34.3 Å². The van der Waals surface area contributed by atoms with Gasteiger partial charge in [-0.2, -0.15) is 4.98 Å².